The second-order valence-electron chi connectivity index (χ2n) is 4.13. The number of ether oxygens (including phenoxy) is 1. The van der Waals surface area contributed by atoms with E-state index in [4.69, 9.17) is 10.5 Å². The molecule has 2 aromatic carbocycles. The minimum absolute atomic E-state index is 0.260. The van der Waals surface area contributed by atoms with Crippen molar-refractivity contribution in [2.24, 2.45) is 5.73 Å². The average Bonchev–Trinajstić information content (AvgIpc) is 2.46. The summed E-state index contributed by atoms with van der Waals surface area (Å²) < 4.78 is 5.12. The molecular formula is C15H16N2O2. The maximum absolute atomic E-state index is 11.2. The Labute approximate surface area is 112 Å². The zero-order valence-electron chi connectivity index (χ0n) is 10.7. The summed E-state index contributed by atoms with van der Waals surface area (Å²) in [4.78, 5) is 11.2. The molecule has 0 aliphatic carbocycles. The molecule has 0 bridgehead atoms. The SMILES string of the molecule is COc1ccc([C@@H](NC(N)=O)c2ccccc2)cc1. The van der Waals surface area contributed by atoms with Crippen LogP contribution in [-0.4, -0.2) is 13.1 Å². The van der Waals surface area contributed by atoms with Gasteiger partial charge in [0.2, 0.25) is 0 Å². The molecule has 0 aromatic heterocycles. The van der Waals surface area contributed by atoms with Crippen LogP contribution < -0.4 is 15.8 Å². The van der Waals surface area contributed by atoms with E-state index in [0.29, 0.717) is 0 Å². The summed E-state index contributed by atoms with van der Waals surface area (Å²) in [6.45, 7) is 0. The summed E-state index contributed by atoms with van der Waals surface area (Å²) in [6, 6.07) is 16.4. The van der Waals surface area contributed by atoms with Crippen LogP contribution in [0.2, 0.25) is 0 Å². The van der Waals surface area contributed by atoms with Gasteiger partial charge in [-0.05, 0) is 23.3 Å². The second kappa shape index (κ2) is 5.91. The Morgan fingerprint density at radius 2 is 1.63 bits per heavy atom. The summed E-state index contributed by atoms with van der Waals surface area (Å²) >= 11 is 0. The quantitative estimate of drug-likeness (QED) is 0.882. The Morgan fingerprint density at radius 1 is 1.05 bits per heavy atom. The Morgan fingerprint density at radius 3 is 2.16 bits per heavy atom. The molecule has 0 heterocycles. The topological polar surface area (TPSA) is 64.3 Å². The third-order valence-corrected chi connectivity index (χ3v) is 2.87. The van der Waals surface area contributed by atoms with Gasteiger partial charge in [0.1, 0.15) is 5.75 Å². The molecule has 2 aromatic rings. The summed E-state index contributed by atoms with van der Waals surface area (Å²) in [7, 11) is 1.62. The normalized spacial score (nSPS) is 11.6. The van der Waals surface area contributed by atoms with Crippen LogP contribution in [-0.2, 0) is 0 Å². The van der Waals surface area contributed by atoms with Gasteiger partial charge in [-0.15, -0.1) is 0 Å². The monoisotopic (exact) mass is 256 g/mol. The number of nitrogens with two attached hydrogens (primary N) is 1. The van der Waals surface area contributed by atoms with Crippen molar-refractivity contribution in [3.8, 4) is 5.75 Å². The lowest BCUT2D eigenvalue weighted by molar-refractivity contribution is 0.247. The molecule has 0 radical (unpaired) electrons. The number of carbonyl (C=O) groups excluding carboxylic acids is 1. The minimum atomic E-state index is -0.551. The van der Waals surface area contributed by atoms with Crippen molar-refractivity contribution >= 4 is 6.03 Å². The van der Waals surface area contributed by atoms with E-state index < -0.39 is 6.03 Å². The van der Waals surface area contributed by atoms with Gasteiger partial charge in [-0.1, -0.05) is 42.5 Å². The maximum atomic E-state index is 11.2. The molecular weight excluding hydrogens is 240 g/mol. The van der Waals surface area contributed by atoms with Gasteiger partial charge in [0.25, 0.3) is 0 Å². The molecule has 0 fully saturated rings. The molecule has 4 heteroatoms. The molecule has 2 amide bonds. The summed E-state index contributed by atoms with van der Waals surface area (Å²) in [6.07, 6.45) is 0. The first kappa shape index (κ1) is 13.0. The molecule has 0 saturated heterocycles. The van der Waals surface area contributed by atoms with E-state index in [2.05, 4.69) is 5.32 Å². The number of benzene rings is 2. The van der Waals surface area contributed by atoms with E-state index >= 15 is 0 Å². The summed E-state index contributed by atoms with van der Waals surface area (Å²) in [5, 5.41) is 2.75. The minimum Gasteiger partial charge on any atom is -0.497 e. The predicted octanol–water partition coefficient (Wildman–Crippen LogP) is 2.45. The van der Waals surface area contributed by atoms with E-state index in [-0.39, 0.29) is 6.04 Å². The molecule has 98 valence electrons. The number of carbonyl (C=O) groups is 1. The maximum Gasteiger partial charge on any atom is 0.312 e. The van der Waals surface area contributed by atoms with Crippen molar-refractivity contribution in [3.05, 3.63) is 65.7 Å². The zero-order valence-corrected chi connectivity index (χ0v) is 10.7. The lowest BCUT2D eigenvalue weighted by Gasteiger charge is -2.18. The van der Waals surface area contributed by atoms with Crippen LogP contribution in [0, 0.1) is 0 Å². The van der Waals surface area contributed by atoms with Gasteiger partial charge in [0, 0.05) is 0 Å². The molecule has 0 aliphatic heterocycles. The Bertz CT molecular complexity index is 538. The zero-order chi connectivity index (χ0) is 13.7. The van der Waals surface area contributed by atoms with Gasteiger partial charge in [-0.2, -0.15) is 0 Å². The van der Waals surface area contributed by atoms with Crippen LogP contribution >= 0.6 is 0 Å². The number of nitrogens with one attached hydrogen (secondary N) is 1. The van der Waals surface area contributed by atoms with E-state index in [0.717, 1.165) is 16.9 Å². The number of methoxy groups -OCH3 is 1. The fourth-order valence-corrected chi connectivity index (χ4v) is 1.94. The van der Waals surface area contributed by atoms with Crippen LogP contribution in [0.25, 0.3) is 0 Å². The first-order valence-electron chi connectivity index (χ1n) is 5.95. The van der Waals surface area contributed by atoms with Crippen LogP contribution in [0.5, 0.6) is 5.75 Å². The highest BCUT2D eigenvalue weighted by Gasteiger charge is 2.15. The van der Waals surface area contributed by atoms with Gasteiger partial charge in [0.05, 0.1) is 13.2 Å². The van der Waals surface area contributed by atoms with Crippen LogP contribution in [0.3, 0.4) is 0 Å². The molecule has 4 nitrogen and oxygen atoms in total. The van der Waals surface area contributed by atoms with E-state index in [1.165, 1.54) is 0 Å². The van der Waals surface area contributed by atoms with Crippen LogP contribution in [0.4, 0.5) is 4.79 Å². The standard InChI is InChI=1S/C15H16N2O2/c1-19-13-9-7-12(8-10-13)14(17-15(16)18)11-5-3-2-4-6-11/h2-10,14H,1H3,(H3,16,17,18)/t14-/m0/s1. The van der Waals surface area contributed by atoms with Gasteiger partial charge in [-0.25, -0.2) is 4.79 Å². The van der Waals surface area contributed by atoms with Crippen molar-refractivity contribution in [2.75, 3.05) is 7.11 Å². The second-order valence-corrected chi connectivity index (χ2v) is 4.13. The van der Waals surface area contributed by atoms with Crippen molar-refractivity contribution in [3.63, 3.8) is 0 Å². The molecule has 2 rings (SSSR count). The number of rotatable bonds is 4. The van der Waals surface area contributed by atoms with Crippen LogP contribution in [0.15, 0.2) is 54.6 Å². The van der Waals surface area contributed by atoms with Crippen molar-refractivity contribution in [1.29, 1.82) is 0 Å². The highest BCUT2D eigenvalue weighted by Crippen LogP contribution is 2.23. The first-order valence-corrected chi connectivity index (χ1v) is 5.95. The Balaban J connectivity index is 2.34. The number of hydrogen-bond donors (Lipinski definition) is 2. The fourth-order valence-electron chi connectivity index (χ4n) is 1.94. The van der Waals surface area contributed by atoms with Crippen molar-refractivity contribution < 1.29 is 9.53 Å². The molecule has 0 unspecified atom stereocenters. The third-order valence-electron chi connectivity index (χ3n) is 2.87. The summed E-state index contributed by atoms with van der Waals surface area (Å²) in [5.41, 5.74) is 7.18. The number of hydrogen-bond acceptors (Lipinski definition) is 2. The molecule has 3 N–H and O–H groups in total. The lowest BCUT2D eigenvalue weighted by Crippen LogP contribution is -2.33. The molecule has 0 spiro atoms. The number of urea groups is 1. The highest BCUT2D eigenvalue weighted by atomic mass is 16.5. The first-order chi connectivity index (χ1) is 9.20. The van der Waals surface area contributed by atoms with Gasteiger partial charge in [-0.3, -0.25) is 0 Å². The average molecular weight is 256 g/mol. The highest BCUT2D eigenvalue weighted by molar-refractivity contribution is 5.73. The van der Waals surface area contributed by atoms with Crippen LogP contribution in [0.1, 0.15) is 17.2 Å². The Hall–Kier alpha value is -2.49. The van der Waals surface area contributed by atoms with Gasteiger partial charge >= 0.3 is 6.03 Å². The van der Waals surface area contributed by atoms with E-state index in [1.54, 1.807) is 7.11 Å². The van der Waals surface area contributed by atoms with E-state index in [9.17, 15) is 4.79 Å². The molecule has 1 atom stereocenters. The van der Waals surface area contributed by atoms with Crippen molar-refractivity contribution in [2.45, 2.75) is 6.04 Å². The fraction of sp³-hybridized carbons (Fsp3) is 0.133. The third kappa shape index (κ3) is 3.25. The van der Waals surface area contributed by atoms with Gasteiger partial charge in [0.15, 0.2) is 0 Å². The van der Waals surface area contributed by atoms with Crippen molar-refractivity contribution in [1.82, 2.24) is 5.32 Å². The summed E-state index contributed by atoms with van der Waals surface area (Å²) in [5.74, 6) is 0.773. The molecule has 19 heavy (non-hydrogen) atoms. The van der Waals surface area contributed by atoms with E-state index in [1.807, 2.05) is 54.6 Å². The molecule has 0 aliphatic rings. The Kier molecular flexibility index (Phi) is 4.03. The number of amides is 2. The smallest absolute Gasteiger partial charge is 0.312 e. The van der Waals surface area contributed by atoms with Gasteiger partial charge < -0.3 is 15.8 Å². The predicted molar refractivity (Wildman–Crippen MR) is 74.0 cm³/mol. The lowest BCUT2D eigenvalue weighted by atomic mass is 9.99. The molecule has 0 saturated carbocycles. The largest absolute Gasteiger partial charge is 0.497 e. The number of primary amides is 1.